The van der Waals surface area contributed by atoms with E-state index in [2.05, 4.69) is 12.6 Å². The van der Waals surface area contributed by atoms with Crippen LogP contribution in [0.2, 0.25) is 0 Å². The van der Waals surface area contributed by atoms with Crippen molar-refractivity contribution in [2.24, 2.45) is 0 Å². The van der Waals surface area contributed by atoms with Crippen molar-refractivity contribution in [3.63, 3.8) is 0 Å². The molecule has 0 atom stereocenters. The summed E-state index contributed by atoms with van der Waals surface area (Å²) < 4.78 is 18.1. The van der Waals surface area contributed by atoms with Gasteiger partial charge in [-0.1, -0.05) is 0 Å². The lowest BCUT2D eigenvalue weighted by molar-refractivity contribution is -0.385. The van der Waals surface area contributed by atoms with Gasteiger partial charge in [0, 0.05) is 12.1 Å². The molecule has 0 aliphatic rings. The van der Waals surface area contributed by atoms with Crippen LogP contribution in [-0.4, -0.2) is 17.3 Å². The van der Waals surface area contributed by atoms with Crippen molar-refractivity contribution in [2.75, 3.05) is 12.4 Å². The van der Waals surface area contributed by atoms with E-state index in [-0.39, 0.29) is 11.4 Å². The average molecular weight is 259 g/mol. The number of nitro benzene ring substituents is 1. The molecule has 0 spiro atoms. The lowest BCUT2D eigenvalue weighted by Gasteiger charge is -2.06. The Labute approximate surface area is 104 Å². The molecule has 1 rings (SSSR count). The van der Waals surface area contributed by atoms with E-state index in [1.807, 2.05) is 0 Å². The molecule has 0 fully saturated rings. The number of unbranched alkanes of at least 4 members (excludes halogenated alkanes) is 2. The molecule has 6 heteroatoms. The van der Waals surface area contributed by atoms with Crippen molar-refractivity contribution >= 4 is 18.3 Å². The minimum absolute atomic E-state index is 0.0131. The van der Waals surface area contributed by atoms with Crippen LogP contribution in [0.25, 0.3) is 0 Å². The lowest BCUT2D eigenvalue weighted by atomic mass is 10.2. The van der Waals surface area contributed by atoms with Gasteiger partial charge in [0.15, 0.2) is 5.75 Å². The van der Waals surface area contributed by atoms with Gasteiger partial charge in [-0.25, -0.2) is 4.39 Å². The van der Waals surface area contributed by atoms with Crippen molar-refractivity contribution < 1.29 is 14.1 Å². The van der Waals surface area contributed by atoms with Gasteiger partial charge < -0.3 is 4.74 Å². The topological polar surface area (TPSA) is 52.4 Å². The quantitative estimate of drug-likeness (QED) is 0.354. The molecule has 0 saturated heterocycles. The fraction of sp³-hybridized carbons (Fsp3) is 0.455. The number of hydrogen-bond acceptors (Lipinski definition) is 4. The predicted octanol–water partition coefficient (Wildman–Crippen LogP) is 3.21. The van der Waals surface area contributed by atoms with Gasteiger partial charge in [-0.05, 0) is 31.1 Å². The molecule has 17 heavy (non-hydrogen) atoms. The first-order chi connectivity index (χ1) is 8.15. The van der Waals surface area contributed by atoms with Gasteiger partial charge >= 0.3 is 5.69 Å². The SMILES string of the molecule is O=[N+]([O-])c1ccc(F)cc1OCCCCCS. The van der Waals surface area contributed by atoms with E-state index >= 15 is 0 Å². The third-order valence-corrected chi connectivity index (χ3v) is 2.49. The maximum atomic E-state index is 12.9. The minimum Gasteiger partial charge on any atom is -0.487 e. The summed E-state index contributed by atoms with van der Waals surface area (Å²) >= 11 is 4.07. The van der Waals surface area contributed by atoms with Gasteiger partial charge in [0.05, 0.1) is 11.5 Å². The summed E-state index contributed by atoms with van der Waals surface area (Å²) in [5.41, 5.74) is -0.208. The highest BCUT2D eigenvalue weighted by atomic mass is 32.1. The minimum atomic E-state index is -0.581. The Morgan fingerprint density at radius 1 is 1.35 bits per heavy atom. The third-order valence-electron chi connectivity index (χ3n) is 2.18. The molecule has 94 valence electrons. The van der Waals surface area contributed by atoms with Crippen LogP contribution < -0.4 is 4.74 Å². The number of benzene rings is 1. The largest absolute Gasteiger partial charge is 0.487 e. The summed E-state index contributed by atoms with van der Waals surface area (Å²) in [7, 11) is 0. The highest BCUT2D eigenvalue weighted by molar-refractivity contribution is 7.80. The summed E-state index contributed by atoms with van der Waals surface area (Å²) in [5.74, 6) is 0.252. The van der Waals surface area contributed by atoms with E-state index in [1.165, 1.54) is 0 Å². The zero-order valence-corrected chi connectivity index (χ0v) is 10.2. The van der Waals surface area contributed by atoms with Crippen molar-refractivity contribution in [1.29, 1.82) is 0 Å². The second-order valence-electron chi connectivity index (χ2n) is 3.50. The van der Waals surface area contributed by atoms with Crippen molar-refractivity contribution in [3.05, 3.63) is 34.1 Å². The summed E-state index contributed by atoms with van der Waals surface area (Å²) in [6, 6.07) is 3.20. The zero-order chi connectivity index (χ0) is 12.7. The van der Waals surface area contributed by atoms with Crippen LogP contribution in [0.5, 0.6) is 5.75 Å². The molecule has 1 aromatic carbocycles. The Morgan fingerprint density at radius 3 is 2.76 bits per heavy atom. The standard InChI is InChI=1S/C11H14FNO3S/c12-9-4-5-10(13(14)15)11(8-9)16-6-2-1-3-7-17/h4-5,8,17H,1-3,6-7H2. The fourth-order valence-corrected chi connectivity index (χ4v) is 1.55. The van der Waals surface area contributed by atoms with Crippen molar-refractivity contribution in [3.8, 4) is 5.75 Å². The molecule has 0 saturated carbocycles. The van der Waals surface area contributed by atoms with Gasteiger partial charge in [-0.15, -0.1) is 0 Å². The van der Waals surface area contributed by atoms with Gasteiger partial charge in [0.2, 0.25) is 0 Å². The average Bonchev–Trinajstić information content (AvgIpc) is 2.28. The van der Waals surface area contributed by atoms with Crippen LogP contribution >= 0.6 is 12.6 Å². The number of thiol groups is 1. The molecule has 0 unspecified atom stereocenters. The van der Waals surface area contributed by atoms with Gasteiger partial charge in [0.1, 0.15) is 5.82 Å². The Morgan fingerprint density at radius 2 is 2.12 bits per heavy atom. The summed E-state index contributed by atoms with van der Waals surface area (Å²) in [5, 5.41) is 10.7. The van der Waals surface area contributed by atoms with Gasteiger partial charge in [0.25, 0.3) is 0 Å². The molecular formula is C11H14FNO3S. The van der Waals surface area contributed by atoms with E-state index in [4.69, 9.17) is 4.74 Å². The molecule has 0 radical (unpaired) electrons. The number of nitro groups is 1. The van der Waals surface area contributed by atoms with Crippen LogP contribution in [-0.2, 0) is 0 Å². The van der Waals surface area contributed by atoms with E-state index in [0.29, 0.717) is 6.61 Å². The third kappa shape index (κ3) is 4.60. The summed E-state index contributed by atoms with van der Waals surface area (Å²) in [6.07, 6.45) is 2.68. The van der Waals surface area contributed by atoms with E-state index in [0.717, 1.165) is 43.2 Å². The smallest absolute Gasteiger partial charge is 0.311 e. The fourth-order valence-electron chi connectivity index (χ4n) is 1.33. The molecule has 1 aromatic rings. The highest BCUT2D eigenvalue weighted by Gasteiger charge is 2.15. The summed E-state index contributed by atoms with van der Waals surface area (Å²) in [6.45, 7) is 0.345. The van der Waals surface area contributed by atoms with E-state index in [9.17, 15) is 14.5 Å². The van der Waals surface area contributed by atoms with Gasteiger partial charge in [-0.3, -0.25) is 10.1 Å². The number of rotatable bonds is 7. The van der Waals surface area contributed by atoms with Crippen LogP contribution in [0.1, 0.15) is 19.3 Å². The monoisotopic (exact) mass is 259 g/mol. The van der Waals surface area contributed by atoms with E-state index < -0.39 is 10.7 Å². The Balaban J connectivity index is 2.56. The Kier molecular flexibility index (Phi) is 5.76. The predicted molar refractivity (Wildman–Crippen MR) is 66.3 cm³/mol. The zero-order valence-electron chi connectivity index (χ0n) is 9.26. The first kappa shape index (κ1) is 13.8. The number of nitrogens with zero attached hydrogens (tertiary/aromatic N) is 1. The molecular weight excluding hydrogens is 245 g/mol. The molecule has 0 aliphatic heterocycles. The highest BCUT2D eigenvalue weighted by Crippen LogP contribution is 2.27. The molecule has 0 N–H and O–H groups in total. The molecule has 0 amide bonds. The lowest BCUT2D eigenvalue weighted by Crippen LogP contribution is -2.01. The van der Waals surface area contributed by atoms with Crippen LogP contribution in [0.4, 0.5) is 10.1 Å². The molecule has 0 aliphatic carbocycles. The molecule has 0 bridgehead atoms. The number of ether oxygens (including phenoxy) is 1. The Bertz CT molecular complexity index is 387. The van der Waals surface area contributed by atoms with Crippen molar-refractivity contribution in [2.45, 2.75) is 19.3 Å². The second-order valence-corrected chi connectivity index (χ2v) is 3.95. The van der Waals surface area contributed by atoms with Crippen LogP contribution in [0, 0.1) is 15.9 Å². The molecule has 0 heterocycles. The van der Waals surface area contributed by atoms with Crippen LogP contribution in [0.15, 0.2) is 18.2 Å². The van der Waals surface area contributed by atoms with Crippen LogP contribution in [0.3, 0.4) is 0 Å². The van der Waals surface area contributed by atoms with Crippen molar-refractivity contribution in [1.82, 2.24) is 0 Å². The number of halogens is 1. The Hall–Kier alpha value is -1.30. The van der Waals surface area contributed by atoms with E-state index in [1.54, 1.807) is 0 Å². The molecule has 0 aromatic heterocycles. The normalized spacial score (nSPS) is 10.2. The molecule has 4 nitrogen and oxygen atoms in total. The maximum Gasteiger partial charge on any atom is 0.311 e. The first-order valence-electron chi connectivity index (χ1n) is 5.32. The maximum absolute atomic E-state index is 12.9. The number of hydrogen-bond donors (Lipinski definition) is 1. The van der Waals surface area contributed by atoms with Gasteiger partial charge in [-0.2, -0.15) is 12.6 Å². The first-order valence-corrected chi connectivity index (χ1v) is 5.96. The summed E-state index contributed by atoms with van der Waals surface area (Å²) in [4.78, 5) is 10.1. The second kappa shape index (κ2) is 7.11.